The first-order valence-electron chi connectivity index (χ1n) is 9.39. The summed E-state index contributed by atoms with van der Waals surface area (Å²) in [7, 11) is 1.60. The Labute approximate surface area is 167 Å². The highest BCUT2D eigenvalue weighted by molar-refractivity contribution is 6.08. The standard InChI is InChI=1S/C22H19N3O4/c1-28-15-6-4-5-14(11-15)19-22(16-7-2-3-8-17(16)24-21(22)27)9-10-25(19)20(26)18-12-29-13-23-18/h2-8,11-13,19H,9-10H2,1H3,(H,24,27). The molecule has 1 fully saturated rings. The minimum Gasteiger partial charge on any atom is -0.497 e. The van der Waals surface area contributed by atoms with Gasteiger partial charge in [0.25, 0.3) is 5.91 Å². The first-order valence-corrected chi connectivity index (χ1v) is 9.39. The van der Waals surface area contributed by atoms with Gasteiger partial charge in [0.2, 0.25) is 5.91 Å². The summed E-state index contributed by atoms with van der Waals surface area (Å²) < 4.78 is 10.4. The van der Waals surface area contributed by atoms with E-state index in [2.05, 4.69) is 10.3 Å². The molecule has 0 bridgehead atoms. The molecule has 2 aromatic carbocycles. The van der Waals surface area contributed by atoms with Crippen molar-refractivity contribution in [3.8, 4) is 5.75 Å². The minimum atomic E-state index is -0.873. The zero-order valence-electron chi connectivity index (χ0n) is 15.8. The third kappa shape index (κ3) is 2.47. The lowest BCUT2D eigenvalue weighted by Gasteiger charge is -2.34. The number of hydrogen-bond acceptors (Lipinski definition) is 5. The van der Waals surface area contributed by atoms with Gasteiger partial charge in [-0.15, -0.1) is 0 Å². The molecule has 2 unspecified atom stereocenters. The number of carbonyl (C=O) groups is 2. The number of benzene rings is 2. The molecule has 0 aliphatic carbocycles. The molecule has 2 aliphatic rings. The number of methoxy groups -OCH3 is 1. The maximum Gasteiger partial charge on any atom is 0.276 e. The first kappa shape index (κ1) is 17.5. The second-order valence-corrected chi connectivity index (χ2v) is 7.27. The van der Waals surface area contributed by atoms with Gasteiger partial charge in [-0.3, -0.25) is 9.59 Å². The van der Waals surface area contributed by atoms with E-state index in [-0.39, 0.29) is 17.5 Å². The van der Waals surface area contributed by atoms with Crippen LogP contribution in [0.1, 0.15) is 34.1 Å². The minimum absolute atomic E-state index is 0.0954. The largest absolute Gasteiger partial charge is 0.497 e. The van der Waals surface area contributed by atoms with Crippen LogP contribution < -0.4 is 10.1 Å². The van der Waals surface area contributed by atoms with Crippen molar-refractivity contribution in [3.05, 3.63) is 78.0 Å². The van der Waals surface area contributed by atoms with Crippen LogP contribution in [0.15, 0.2) is 65.6 Å². The Morgan fingerprint density at radius 3 is 2.93 bits per heavy atom. The van der Waals surface area contributed by atoms with E-state index in [1.165, 1.54) is 12.7 Å². The average molecular weight is 389 g/mol. The lowest BCUT2D eigenvalue weighted by atomic mass is 9.72. The first-order chi connectivity index (χ1) is 14.1. The van der Waals surface area contributed by atoms with Gasteiger partial charge in [0, 0.05) is 12.2 Å². The molecule has 2 atom stereocenters. The van der Waals surface area contributed by atoms with Crippen LogP contribution in [0.2, 0.25) is 0 Å². The molecule has 5 rings (SSSR count). The van der Waals surface area contributed by atoms with Gasteiger partial charge in [-0.1, -0.05) is 30.3 Å². The molecule has 7 nitrogen and oxygen atoms in total. The van der Waals surface area contributed by atoms with Crippen LogP contribution in [0.5, 0.6) is 5.75 Å². The Bertz CT molecular complexity index is 1090. The number of nitrogens with one attached hydrogen (secondary N) is 1. The van der Waals surface area contributed by atoms with Crippen molar-refractivity contribution in [2.75, 3.05) is 19.0 Å². The van der Waals surface area contributed by atoms with Crippen LogP contribution in [0.4, 0.5) is 5.69 Å². The maximum absolute atomic E-state index is 13.3. The van der Waals surface area contributed by atoms with Crippen molar-refractivity contribution in [1.82, 2.24) is 9.88 Å². The number of likely N-dealkylation sites (tertiary alicyclic amines) is 1. The van der Waals surface area contributed by atoms with Gasteiger partial charge in [-0.05, 0) is 35.7 Å². The van der Waals surface area contributed by atoms with Gasteiger partial charge < -0.3 is 19.4 Å². The lowest BCUT2D eigenvalue weighted by molar-refractivity contribution is -0.121. The quantitative estimate of drug-likeness (QED) is 0.744. The van der Waals surface area contributed by atoms with Crippen molar-refractivity contribution in [2.24, 2.45) is 0 Å². The van der Waals surface area contributed by atoms with Gasteiger partial charge in [0.05, 0.1) is 13.2 Å². The number of hydrogen-bond donors (Lipinski definition) is 1. The number of fused-ring (bicyclic) bond motifs is 2. The second kappa shape index (κ2) is 6.48. The number of oxazole rings is 1. The third-order valence-corrected chi connectivity index (χ3v) is 5.91. The summed E-state index contributed by atoms with van der Waals surface area (Å²) >= 11 is 0. The van der Waals surface area contributed by atoms with Crippen molar-refractivity contribution >= 4 is 17.5 Å². The van der Waals surface area contributed by atoms with E-state index in [0.29, 0.717) is 18.7 Å². The Balaban J connectivity index is 1.69. The van der Waals surface area contributed by atoms with E-state index < -0.39 is 11.5 Å². The number of aromatic nitrogens is 1. The van der Waals surface area contributed by atoms with Crippen LogP contribution in [0.3, 0.4) is 0 Å². The van der Waals surface area contributed by atoms with Crippen LogP contribution in [-0.4, -0.2) is 35.4 Å². The third-order valence-electron chi connectivity index (χ3n) is 5.91. The van der Waals surface area contributed by atoms with Crippen molar-refractivity contribution in [3.63, 3.8) is 0 Å². The highest BCUT2D eigenvalue weighted by Crippen LogP contribution is 2.55. The molecule has 0 radical (unpaired) electrons. The SMILES string of the molecule is COc1cccc(C2N(C(=O)c3cocn3)CCC23C(=O)Nc2ccccc23)c1. The fraction of sp³-hybridized carbons (Fsp3) is 0.227. The van der Waals surface area contributed by atoms with Crippen LogP contribution >= 0.6 is 0 Å². The number of rotatable bonds is 3. The maximum atomic E-state index is 13.3. The van der Waals surface area contributed by atoms with Gasteiger partial charge in [0.1, 0.15) is 17.4 Å². The molecule has 7 heteroatoms. The normalized spacial score (nSPS) is 22.6. The second-order valence-electron chi connectivity index (χ2n) is 7.27. The summed E-state index contributed by atoms with van der Waals surface area (Å²) in [5.41, 5.74) is 1.89. The summed E-state index contributed by atoms with van der Waals surface area (Å²) in [6.07, 6.45) is 3.08. The fourth-order valence-electron chi connectivity index (χ4n) is 4.65. The van der Waals surface area contributed by atoms with Gasteiger partial charge in [-0.2, -0.15) is 0 Å². The molecule has 2 amide bonds. The number of amides is 2. The van der Waals surface area contributed by atoms with E-state index in [1.807, 2.05) is 48.5 Å². The molecule has 1 saturated heterocycles. The molecule has 3 aromatic rings. The van der Waals surface area contributed by atoms with E-state index in [9.17, 15) is 9.59 Å². The monoisotopic (exact) mass is 389 g/mol. The van der Waals surface area contributed by atoms with Gasteiger partial charge in [0.15, 0.2) is 12.1 Å². The Hall–Kier alpha value is -3.61. The number of para-hydroxylation sites is 1. The molecule has 3 heterocycles. The van der Waals surface area contributed by atoms with Crippen LogP contribution in [0.25, 0.3) is 0 Å². The molecule has 1 aromatic heterocycles. The zero-order valence-corrected chi connectivity index (χ0v) is 15.8. The molecule has 1 N–H and O–H groups in total. The number of ether oxygens (including phenoxy) is 1. The lowest BCUT2D eigenvalue weighted by Crippen LogP contribution is -2.42. The number of anilines is 1. The zero-order chi connectivity index (χ0) is 20.0. The fourth-order valence-corrected chi connectivity index (χ4v) is 4.65. The summed E-state index contributed by atoms with van der Waals surface area (Å²) in [5, 5.41) is 3.01. The summed E-state index contributed by atoms with van der Waals surface area (Å²) in [4.78, 5) is 32.3. The van der Waals surface area contributed by atoms with E-state index >= 15 is 0 Å². The van der Waals surface area contributed by atoms with Crippen molar-refractivity contribution in [1.29, 1.82) is 0 Å². The Kier molecular flexibility index (Phi) is 3.91. The number of nitrogens with zero attached hydrogens (tertiary/aromatic N) is 2. The molecule has 146 valence electrons. The van der Waals surface area contributed by atoms with Crippen LogP contribution in [-0.2, 0) is 10.2 Å². The molecule has 1 spiro atoms. The Morgan fingerprint density at radius 1 is 1.28 bits per heavy atom. The molecular weight excluding hydrogens is 370 g/mol. The summed E-state index contributed by atoms with van der Waals surface area (Å²) in [6, 6.07) is 14.7. The van der Waals surface area contributed by atoms with Crippen LogP contribution in [0, 0.1) is 0 Å². The topological polar surface area (TPSA) is 84.7 Å². The predicted octanol–water partition coefficient (Wildman–Crippen LogP) is 3.16. The van der Waals surface area contributed by atoms with E-state index in [1.54, 1.807) is 12.0 Å². The smallest absolute Gasteiger partial charge is 0.276 e. The van der Waals surface area contributed by atoms with Gasteiger partial charge >= 0.3 is 0 Å². The molecule has 29 heavy (non-hydrogen) atoms. The molecular formula is C22H19N3O4. The average Bonchev–Trinajstić information content (AvgIpc) is 3.48. The van der Waals surface area contributed by atoms with E-state index in [4.69, 9.17) is 9.15 Å². The Morgan fingerprint density at radius 2 is 2.14 bits per heavy atom. The van der Waals surface area contributed by atoms with E-state index in [0.717, 1.165) is 16.8 Å². The number of carbonyl (C=O) groups excluding carboxylic acids is 2. The molecule has 2 aliphatic heterocycles. The highest BCUT2D eigenvalue weighted by Gasteiger charge is 2.59. The highest BCUT2D eigenvalue weighted by atomic mass is 16.5. The predicted molar refractivity (Wildman–Crippen MR) is 105 cm³/mol. The molecule has 0 saturated carbocycles. The summed E-state index contributed by atoms with van der Waals surface area (Å²) in [5.74, 6) is 0.313. The van der Waals surface area contributed by atoms with Crippen molar-refractivity contribution < 1.29 is 18.7 Å². The van der Waals surface area contributed by atoms with Gasteiger partial charge in [-0.25, -0.2) is 4.98 Å². The van der Waals surface area contributed by atoms with Crippen molar-refractivity contribution in [2.45, 2.75) is 17.9 Å². The summed E-state index contributed by atoms with van der Waals surface area (Å²) in [6.45, 7) is 0.426.